The number of nitrogens with one attached hydrogen (secondary N) is 2. The molecule has 0 saturated carbocycles. The van der Waals surface area contributed by atoms with Gasteiger partial charge in [-0.3, -0.25) is 9.88 Å². The van der Waals surface area contributed by atoms with E-state index in [-0.39, 0.29) is 58.5 Å². The Morgan fingerprint density at radius 3 is 2.94 bits per heavy atom. The quantitative estimate of drug-likeness (QED) is 0.193. The predicted molar refractivity (Wildman–Crippen MR) is 175 cm³/mol. The van der Waals surface area contributed by atoms with Crippen molar-refractivity contribution < 1.29 is 23.0 Å². The molecule has 0 bridgehead atoms. The number of phenols is 1. The average Bonchev–Trinajstić information content (AvgIpc) is 3.76. The predicted octanol–water partition coefficient (Wildman–Crippen LogP) is 5.38. The number of aryl methyl sites for hydroxylation is 1. The van der Waals surface area contributed by atoms with Crippen LogP contribution < -0.4 is 15.7 Å². The van der Waals surface area contributed by atoms with E-state index in [0.717, 1.165) is 24.9 Å². The molecule has 4 aromatic heterocycles. The molecule has 2 aliphatic heterocycles. The van der Waals surface area contributed by atoms with Gasteiger partial charge in [0, 0.05) is 60.2 Å². The normalized spacial score (nSPS) is 19.2. The fraction of sp³-hybridized carbons (Fsp3) is 0.286. The van der Waals surface area contributed by atoms with Crippen LogP contribution >= 0.6 is 0 Å². The zero-order chi connectivity index (χ0) is 33.2. The number of hydrogen-bond donors (Lipinski definition) is 3. The van der Waals surface area contributed by atoms with Crippen LogP contribution in [0.3, 0.4) is 0 Å². The molecule has 6 aromatic rings. The van der Waals surface area contributed by atoms with Gasteiger partial charge in [-0.05, 0) is 49.9 Å². The van der Waals surface area contributed by atoms with Crippen LogP contribution in [0.15, 0.2) is 52.1 Å². The first-order valence-electron chi connectivity index (χ1n) is 15.5. The van der Waals surface area contributed by atoms with E-state index in [0.29, 0.717) is 40.5 Å². The van der Waals surface area contributed by atoms with Gasteiger partial charge in [-0.15, -0.1) is 6.42 Å². The molecule has 2 aromatic carbocycles. The van der Waals surface area contributed by atoms with Gasteiger partial charge in [0.05, 0.1) is 16.6 Å². The van der Waals surface area contributed by atoms with Gasteiger partial charge in [-0.25, -0.2) is 18.6 Å². The Labute approximate surface area is 272 Å². The summed E-state index contributed by atoms with van der Waals surface area (Å²) < 4.78 is 41.6. The van der Waals surface area contributed by atoms with Crippen LogP contribution in [0, 0.1) is 25.1 Å². The molecule has 2 saturated heterocycles. The van der Waals surface area contributed by atoms with Gasteiger partial charge >= 0.3 is 11.6 Å². The van der Waals surface area contributed by atoms with Gasteiger partial charge in [0.1, 0.15) is 46.8 Å². The van der Waals surface area contributed by atoms with Crippen molar-refractivity contribution in [3.8, 4) is 35.4 Å². The second-order valence-corrected chi connectivity index (χ2v) is 12.4. The minimum Gasteiger partial charge on any atom is -0.508 e. The molecule has 0 aliphatic carbocycles. The lowest BCUT2D eigenvalue weighted by atomic mass is 9.95. The van der Waals surface area contributed by atoms with Crippen LogP contribution in [0.25, 0.3) is 44.2 Å². The Balaban J connectivity index is 1.28. The number of halogens is 2. The van der Waals surface area contributed by atoms with E-state index < -0.39 is 23.2 Å². The molecule has 11 nitrogen and oxygen atoms in total. The summed E-state index contributed by atoms with van der Waals surface area (Å²) in [5, 5.41) is 14.7. The number of aromatic nitrogens is 5. The van der Waals surface area contributed by atoms with Crippen molar-refractivity contribution in [2.75, 3.05) is 25.0 Å². The number of fused-ring (bicyclic) bond motifs is 4. The molecule has 13 heteroatoms. The van der Waals surface area contributed by atoms with Gasteiger partial charge in [0.2, 0.25) is 0 Å². The average molecular weight is 650 g/mol. The molecule has 0 unspecified atom stereocenters. The van der Waals surface area contributed by atoms with E-state index in [9.17, 15) is 18.7 Å². The fourth-order valence-electron chi connectivity index (χ4n) is 7.29. The highest BCUT2D eigenvalue weighted by atomic mass is 19.1. The molecule has 0 radical (unpaired) electrons. The monoisotopic (exact) mass is 649 g/mol. The summed E-state index contributed by atoms with van der Waals surface area (Å²) in [7, 11) is 0. The summed E-state index contributed by atoms with van der Waals surface area (Å²) >= 11 is 0. The third-order valence-electron chi connectivity index (χ3n) is 9.49. The zero-order valence-electron chi connectivity index (χ0n) is 25.8. The number of alkyl halides is 1. The Kier molecular flexibility index (Phi) is 6.99. The smallest absolute Gasteiger partial charge is 0.349 e. The number of aromatic amines is 1. The summed E-state index contributed by atoms with van der Waals surface area (Å²) in [6, 6.07) is 5.53. The van der Waals surface area contributed by atoms with Gasteiger partial charge in [-0.1, -0.05) is 12.0 Å². The highest BCUT2D eigenvalue weighted by Gasteiger charge is 2.49. The van der Waals surface area contributed by atoms with Crippen molar-refractivity contribution in [3.05, 3.63) is 75.8 Å². The van der Waals surface area contributed by atoms with Crippen LogP contribution in [0.2, 0.25) is 0 Å². The number of aromatic hydroxyl groups is 1. The summed E-state index contributed by atoms with van der Waals surface area (Å²) in [6.45, 7) is 3.25. The molecule has 6 heterocycles. The number of ether oxygens (including phenoxy) is 1. The summed E-state index contributed by atoms with van der Waals surface area (Å²) in [5.41, 5.74) is 1.62. The van der Waals surface area contributed by atoms with Crippen LogP contribution in [0.1, 0.15) is 36.0 Å². The zero-order valence-corrected chi connectivity index (χ0v) is 25.8. The fourth-order valence-corrected chi connectivity index (χ4v) is 7.29. The van der Waals surface area contributed by atoms with E-state index in [4.69, 9.17) is 15.6 Å². The number of phenolic OH excluding ortho intramolecular Hbond substituents is 1. The molecule has 0 spiro atoms. The maximum absolute atomic E-state index is 14.9. The lowest BCUT2D eigenvalue weighted by Crippen LogP contribution is -2.43. The summed E-state index contributed by atoms with van der Waals surface area (Å²) in [5.74, 6) is 1.83. The molecule has 2 atom stereocenters. The molecular weight excluding hydrogens is 620 g/mol. The van der Waals surface area contributed by atoms with Gasteiger partial charge < -0.3 is 24.6 Å². The Hall–Kier alpha value is -5.61. The first-order chi connectivity index (χ1) is 23.2. The number of terminal acetylenes is 1. The van der Waals surface area contributed by atoms with E-state index in [1.54, 1.807) is 25.5 Å². The van der Waals surface area contributed by atoms with Gasteiger partial charge in [-0.2, -0.15) is 9.97 Å². The number of benzene rings is 2. The van der Waals surface area contributed by atoms with Gasteiger partial charge in [0.25, 0.3) is 0 Å². The van der Waals surface area contributed by atoms with Crippen molar-refractivity contribution in [3.63, 3.8) is 0 Å². The van der Waals surface area contributed by atoms with Gasteiger partial charge in [0.15, 0.2) is 5.65 Å². The second kappa shape index (κ2) is 11.3. The van der Waals surface area contributed by atoms with Crippen molar-refractivity contribution in [2.24, 2.45) is 0 Å². The highest BCUT2D eigenvalue weighted by Crippen LogP contribution is 2.41. The van der Waals surface area contributed by atoms with Crippen molar-refractivity contribution in [2.45, 2.75) is 44.4 Å². The number of H-pyrrole nitrogens is 1. The minimum absolute atomic E-state index is 0.0111. The largest absolute Gasteiger partial charge is 0.508 e. The number of hydrogen-bond acceptors (Lipinski definition) is 10. The molecule has 3 N–H and O–H groups in total. The first kappa shape index (κ1) is 29.8. The molecule has 8 rings (SSSR count). The molecule has 2 aliphatic rings. The first-order valence-corrected chi connectivity index (χ1v) is 15.5. The van der Waals surface area contributed by atoms with Crippen LogP contribution in [-0.2, 0) is 6.54 Å². The van der Waals surface area contributed by atoms with E-state index >= 15 is 0 Å². The second-order valence-electron chi connectivity index (χ2n) is 12.4. The number of rotatable bonds is 7. The Morgan fingerprint density at radius 2 is 2.08 bits per heavy atom. The standard InChI is InChI=1S/C35H29F2N7O4/c1-3-23-25(37)6-5-19-11-22(45)12-24(26(19)23)30-18(2)28-27(33(46)48-30)31(40-14-20-15-41-32-29(20)38-8-9-39-32)43-34(42-28)47-17-35-7-4-10-44(35)16-21(36)13-35/h1,5-6,8-9,11-12,15,21,45H,4,7,10,13-14,16-17H2,2H3,(H,39,41)(H,40,42,43)/t21-,35+/m1/s1. The molecular formula is C35H29F2N7O4. The minimum atomic E-state index is -0.938. The number of anilines is 1. The van der Waals surface area contributed by atoms with E-state index in [2.05, 4.69) is 41.1 Å². The Morgan fingerprint density at radius 1 is 1.23 bits per heavy atom. The molecule has 48 heavy (non-hydrogen) atoms. The van der Waals surface area contributed by atoms with Crippen LogP contribution in [0.4, 0.5) is 14.6 Å². The topological polar surface area (TPSA) is 142 Å². The maximum Gasteiger partial charge on any atom is 0.349 e. The molecule has 0 amide bonds. The van der Waals surface area contributed by atoms with Crippen LogP contribution in [-0.4, -0.2) is 66.3 Å². The van der Waals surface area contributed by atoms with E-state index in [1.165, 1.54) is 24.3 Å². The molecule has 2 fully saturated rings. The summed E-state index contributed by atoms with van der Waals surface area (Å²) in [6.07, 6.45) is 11.8. The van der Waals surface area contributed by atoms with E-state index in [1.807, 2.05) is 0 Å². The van der Waals surface area contributed by atoms with Crippen molar-refractivity contribution in [1.29, 1.82) is 0 Å². The summed E-state index contributed by atoms with van der Waals surface area (Å²) in [4.78, 5) is 37.0. The van der Waals surface area contributed by atoms with Crippen LogP contribution in [0.5, 0.6) is 11.8 Å². The lowest BCUT2D eigenvalue weighted by Gasteiger charge is -2.30. The SMILES string of the molecule is C#Cc1c(F)ccc2cc(O)cc(-c3oc(=O)c4c(NCc5c[nH]c6nccnc56)nc(OC[C@@]56CCCN5C[C@H](F)C6)nc4c3C)c12. The third kappa shape index (κ3) is 4.79. The molecule has 242 valence electrons. The number of nitrogens with zero attached hydrogens (tertiary/aromatic N) is 5. The lowest BCUT2D eigenvalue weighted by molar-refractivity contribution is 0.107. The highest BCUT2D eigenvalue weighted by molar-refractivity contribution is 6.03. The van der Waals surface area contributed by atoms with Crippen molar-refractivity contribution >= 4 is 38.7 Å². The third-order valence-corrected chi connectivity index (χ3v) is 9.49. The Bertz CT molecular complexity index is 2370. The maximum atomic E-state index is 14.9. The van der Waals surface area contributed by atoms with Crippen molar-refractivity contribution in [1.82, 2.24) is 29.8 Å².